The number of hydrogen-bond acceptors (Lipinski definition) is 4. The third-order valence-corrected chi connectivity index (χ3v) is 2.45. The number of aromatic nitrogens is 2. The summed E-state index contributed by atoms with van der Waals surface area (Å²) in [7, 11) is 0. The monoisotopic (exact) mass is 253 g/mol. The van der Waals surface area contributed by atoms with Crippen molar-refractivity contribution in [2.45, 2.75) is 26.9 Å². The topological polar surface area (TPSA) is 54.9 Å². The molecule has 1 N–H and O–H groups in total. The van der Waals surface area contributed by atoms with Gasteiger partial charge in [0.15, 0.2) is 0 Å². The van der Waals surface area contributed by atoms with Gasteiger partial charge in [-0.1, -0.05) is 32.1 Å². The fourth-order valence-corrected chi connectivity index (χ4v) is 1.28. The molecule has 90 valence electrons. The summed E-state index contributed by atoms with van der Waals surface area (Å²) < 4.78 is 36.5. The van der Waals surface area contributed by atoms with Gasteiger partial charge in [-0.2, -0.15) is 13.2 Å². The van der Waals surface area contributed by atoms with Gasteiger partial charge in [0.05, 0.1) is 0 Å². The Kier molecular flexibility index (Phi) is 3.22. The maximum absolute atomic E-state index is 12.2. The van der Waals surface area contributed by atoms with E-state index >= 15 is 0 Å². The van der Waals surface area contributed by atoms with E-state index in [4.69, 9.17) is 0 Å². The molecule has 1 aromatic heterocycles. The molecular formula is C8H10F3N3OS. The van der Waals surface area contributed by atoms with Crippen LogP contribution in [0.5, 0.6) is 0 Å². The van der Waals surface area contributed by atoms with Crippen molar-refractivity contribution >= 4 is 22.4 Å². The zero-order valence-electron chi connectivity index (χ0n) is 8.84. The number of nitrogens with zero attached hydrogens (tertiary/aromatic N) is 2. The van der Waals surface area contributed by atoms with Gasteiger partial charge in [-0.25, -0.2) is 0 Å². The van der Waals surface area contributed by atoms with E-state index in [9.17, 15) is 18.0 Å². The maximum atomic E-state index is 12.2. The molecule has 0 saturated carbocycles. The molecule has 0 unspecified atom stereocenters. The first-order chi connectivity index (χ1) is 7.10. The smallest absolute Gasteiger partial charge is 0.300 e. The number of alkyl halides is 3. The summed E-state index contributed by atoms with van der Waals surface area (Å²) in [5, 5.41) is 7.27. The van der Waals surface area contributed by atoms with Crippen LogP contribution in [0.3, 0.4) is 0 Å². The van der Waals surface area contributed by atoms with Gasteiger partial charge in [0.1, 0.15) is 0 Å². The molecule has 8 heteroatoms. The van der Waals surface area contributed by atoms with E-state index in [0.717, 1.165) is 0 Å². The highest BCUT2D eigenvalue weighted by molar-refractivity contribution is 7.15. The number of halogens is 3. The summed E-state index contributed by atoms with van der Waals surface area (Å²) in [6.07, 6.45) is -4.53. The van der Waals surface area contributed by atoms with Crippen LogP contribution in [0.1, 0.15) is 25.8 Å². The number of rotatable bonds is 1. The van der Waals surface area contributed by atoms with Crippen molar-refractivity contribution in [3.63, 3.8) is 0 Å². The molecule has 0 aromatic carbocycles. The molecule has 0 radical (unpaired) electrons. The molecule has 1 aromatic rings. The van der Waals surface area contributed by atoms with Gasteiger partial charge < -0.3 is 5.32 Å². The van der Waals surface area contributed by atoms with Crippen LogP contribution in [0.25, 0.3) is 0 Å². The van der Waals surface area contributed by atoms with Crippen LogP contribution in [0.2, 0.25) is 0 Å². The van der Waals surface area contributed by atoms with Crippen LogP contribution in [-0.4, -0.2) is 16.1 Å². The van der Waals surface area contributed by atoms with Crippen molar-refractivity contribution in [2.75, 3.05) is 5.32 Å². The third kappa shape index (κ3) is 3.16. The number of amides is 1. The van der Waals surface area contributed by atoms with Crippen molar-refractivity contribution in [2.24, 2.45) is 5.41 Å². The lowest BCUT2D eigenvalue weighted by Gasteiger charge is -2.15. The summed E-state index contributed by atoms with van der Waals surface area (Å²) in [6.45, 7) is 4.94. The Morgan fingerprint density at radius 1 is 1.25 bits per heavy atom. The molecule has 0 saturated heterocycles. The van der Waals surface area contributed by atoms with Crippen molar-refractivity contribution in [3.05, 3.63) is 5.01 Å². The van der Waals surface area contributed by atoms with E-state index in [1.54, 1.807) is 20.8 Å². The Morgan fingerprint density at radius 3 is 2.19 bits per heavy atom. The fraction of sp³-hybridized carbons (Fsp3) is 0.625. The van der Waals surface area contributed by atoms with Gasteiger partial charge in [-0.15, -0.1) is 10.2 Å². The first kappa shape index (κ1) is 12.9. The lowest BCUT2D eigenvalue weighted by atomic mass is 9.96. The molecule has 0 spiro atoms. The summed E-state index contributed by atoms with van der Waals surface area (Å²) in [6, 6.07) is 0. The van der Waals surface area contributed by atoms with Gasteiger partial charge in [0.25, 0.3) is 0 Å². The number of carbonyl (C=O) groups excluding carboxylic acids is 1. The summed E-state index contributed by atoms with van der Waals surface area (Å²) in [5.74, 6) is -0.405. The maximum Gasteiger partial charge on any atom is 0.445 e. The molecule has 1 rings (SSSR count). The average Bonchev–Trinajstić information content (AvgIpc) is 2.49. The van der Waals surface area contributed by atoms with Crippen molar-refractivity contribution < 1.29 is 18.0 Å². The van der Waals surface area contributed by atoms with Crippen LogP contribution < -0.4 is 5.32 Å². The van der Waals surface area contributed by atoms with Crippen LogP contribution in [0.15, 0.2) is 0 Å². The molecule has 1 heterocycles. The molecular weight excluding hydrogens is 243 g/mol. The Bertz CT molecular complexity index is 394. The minimum Gasteiger partial charge on any atom is -0.300 e. The Morgan fingerprint density at radius 2 is 1.81 bits per heavy atom. The molecule has 0 atom stereocenters. The number of anilines is 1. The normalized spacial score (nSPS) is 12.6. The quantitative estimate of drug-likeness (QED) is 0.836. The molecule has 16 heavy (non-hydrogen) atoms. The first-order valence-corrected chi connectivity index (χ1v) is 5.14. The zero-order chi connectivity index (χ0) is 12.6. The van der Waals surface area contributed by atoms with E-state index in [1.165, 1.54) is 0 Å². The molecule has 0 bridgehead atoms. The fourth-order valence-electron chi connectivity index (χ4n) is 0.673. The second-order valence-corrected chi connectivity index (χ2v) is 5.09. The highest BCUT2D eigenvalue weighted by Crippen LogP contribution is 2.33. The molecule has 1 amide bonds. The summed E-state index contributed by atoms with van der Waals surface area (Å²) in [5.41, 5.74) is -0.690. The van der Waals surface area contributed by atoms with Crippen molar-refractivity contribution in [1.82, 2.24) is 10.2 Å². The summed E-state index contributed by atoms with van der Waals surface area (Å²) in [4.78, 5) is 11.4. The van der Waals surface area contributed by atoms with Gasteiger partial charge >= 0.3 is 6.18 Å². The predicted molar refractivity (Wildman–Crippen MR) is 53.0 cm³/mol. The van der Waals surface area contributed by atoms with E-state index in [-0.39, 0.29) is 5.13 Å². The molecule has 0 aliphatic heterocycles. The van der Waals surface area contributed by atoms with Crippen LogP contribution >= 0.6 is 11.3 Å². The summed E-state index contributed by atoms with van der Waals surface area (Å²) >= 11 is 0.305. The lowest BCUT2D eigenvalue weighted by Crippen LogP contribution is -2.27. The van der Waals surface area contributed by atoms with Gasteiger partial charge in [0.2, 0.25) is 16.0 Å². The minimum atomic E-state index is -4.53. The van der Waals surface area contributed by atoms with Crippen molar-refractivity contribution in [3.8, 4) is 0 Å². The SMILES string of the molecule is CC(C)(C)C(=O)Nc1nnc(C(F)(F)F)s1. The van der Waals surface area contributed by atoms with E-state index < -0.39 is 22.5 Å². The van der Waals surface area contributed by atoms with Crippen LogP contribution in [0, 0.1) is 5.41 Å². The largest absolute Gasteiger partial charge is 0.445 e. The first-order valence-electron chi connectivity index (χ1n) is 4.33. The van der Waals surface area contributed by atoms with E-state index in [0.29, 0.717) is 11.3 Å². The predicted octanol–water partition coefficient (Wildman–Crippen LogP) is 2.54. The molecule has 0 fully saturated rings. The van der Waals surface area contributed by atoms with E-state index in [1.807, 2.05) is 0 Å². The number of carbonyl (C=O) groups is 1. The van der Waals surface area contributed by atoms with E-state index in [2.05, 4.69) is 15.5 Å². The second-order valence-electron chi connectivity index (χ2n) is 4.11. The van der Waals surface area contributed by atoms with Gasteiger partial charge in [-0.3, -0.25) is 4.79 Å². The van der Waals surface area contributed by atoms with Crippen molar-refractivity contribution in [1.29, 1.82) is 0 Å². The molecule has 4 nitrogen and oxygen atoms in total. The standard InChI is InChI=1S/C8H10F3N3OS/c1-7(2,3)4(15)12-6-14-13-5(16-6)8(9,10)11/h1-3H3,(H,12,14,15). The minimum absolute atomic E-state index is 0.146. The second kappa shape index (κ2) is 4.00. The number of nitrogens with one attached hydrogen (secondary N) is 1. The van der Waals surface area contributed by atoms with Crippen LogP contribution in [0.4, 0.5) is 18.3 Å². The molecule has 0 aliphatic rings. The van der Waals surface area contributed by atoms with Crippen LogP contribution in [-0.2, 0) is 11.0 Å². The number of hydrogen-bond donors (Lipinski definition) is 1. The third-order valence-electron chi connectivity index (χ3n) is 1.57. The Hall–Kier alpha value is -1.18. The van der Waals surface area contributed by atoms with Gasteiger partial charge in [0, 0.05) is 5.41 Å². The average molecular weight is 253 g/mol. The zero-order valence-corrected chi connectivity index (χ0v) is 9.66. The lowest BCUT2D eigenvalue weighted by molar-refractivity contribution is -0.138. The Balaban J connectivity index is 2.78. The van der Waals surface area contributed by atoms with Gasteiger partial charge in [-0.05, 0) is 0 Å². The molecule has 0 aliphatic carbocycles. The Labute approximate surface area is 93.9 Å². The highest BCUT2D eigenvalue weighted by atomic mass is 32.1. The highest BCUT2D eigenvalue weighted by Gasteiger charge is 2.36.